The van der Waals surface area contributed by atoms with E-state index in [1.807, 2.05) is 0 Å². The quantitative estimate of drug-likeness (QED) is 0.161. The summed E-state index contributed by atoms with van der Waals surface area (Å²) >= 11 is 0. The van der Waals surface area contributed by atoms with E-state index in [1.54, 1.807) is 0 Å². The van der Waals surface area contributed by atoms with Crippen LogP contribution < -0.4 is 47.0 Å². The first-order valence-electron chi connectivity index (χ1n) is 29.9. The summed E-state index contributed by atoms with van der Waals surface area (Å²) in [5, 5.41) is 9.48. The maximum Gasteiger partial charge on any atom is 0.260 e. The van der Waals surface area contributed by atoms with Gasteiger partial charge in [0, 0.05) is 66.0 Å². The normalized spacial score (nSPS) is 13.1. The molecule has 3 aliphatic heterocycles. The van der Waals surface area contributed by atoms with E-state index >= 15 is 0 Å². The third kappa shape index (κ3) is 6.36. The number of benzene rings is 13. The van der Waals surface area contributed by atoms with Crippen LogP contribution in [0.3, 0.4) is 0 Å². The molecule has 0 atom stereocenters. The summed E-state index contributed by atoms with van der Waals surface area (Å²) < 4.78 is 32.5. The number of nitrogens with zero attached hydrogens (tertiary/aromatic N) is 4. The highest BCUT2D eigenvalue weighted by atomic mass is 16.5. The zero-order valence-corrected chi connectivity index (χ0v) is 46.7. The van der Waals surface area contributed by atoms with E-state index in [0.29, 0.717) is 0 Å². The summed E-state index contributed by atoms with van der Waals surface area (Å²) in [6.45, 7) is -0.689. The molecule has 7 nitrogen and oxygen atoms in total. The molecule has 0 radical (unpaired) electrons. The molecule has 0 bridgehead atoms. The van der Waals surface area contributed by atoms with Crippen LogP contribution in [0.15, 0.2) is 279 Å². The van der Waals surface area contributed by atoms with Gasteiger partial charge in [-0.3, -0.25) is 0 Å². The lowest BCUT2D eigenvalue weighted by Crippen LogP contribution is -2.61. The Balaban J connectivity index is 0.913. The molecule has 0 N–H and O–H groups in total. The molecule has 0 aliphatic carbocycles. The average Bonchev–Trinajstić information content (AvgIpc) is 1.62. The van der Waals surface area contributed by atoms with Gasteiger partial charge in [0.1, 0.15) is 23.0 Å². The van der Waals surface area contributed by atoms with Crippen molar-refractivity contribution >= 4 is 133 Å². The maximum absolute atomic E-state index is 7.79. The molecule has 0 amide bonds. The van der Waals surface area contributed by atoms with Crippen LogP contribution in [-0.4, -0.2) is 31.7 Å². The lowest BCUT2D eigenvalue weighted by molar-refractivity contribution is 0.454. The van der Waals surface area contributed by atoms with Gasteiger partial charge in [0.05, 0.1) is 55.5 Å². The van der Waals surface area contributed by atoms with Crippen molar-refractivity contribution in [3.8, 4) is 57.2 Å². The summed E-state index contributed by atoms with van der Waals surface area (Å²) in [4.78, 5) is 0. The smallest absolute Gasteiger partial charge is 0.260 e. The second-order valence-corrected chi connectivity index (χ2v) is 23.4. The SMILES string of the molecule is c1ccc2c(c1)Oc1cc3c(cc1B2c1c(-n2c4ccccc4c4ccccc42)cccc1-n1c2ccccc2c2ccccc21)B1c2ccccc2Oc2c(-n4c5ccccc5c5ccccc54)cc(-n4c5ccccc5c5ccccc54)c(c21)O3. The van der Waals surface area contributed by atoms with Gasteiger partial charge in [-0.2, -0.15) is 0 Å². The van der Waals surface area contributed by atoms with Crippen molar-refractivity contribution < 1.29 is 14.2 Å². The molecule has 3 aliphatic rings. The van der Waals surface area contributed by atoms with Gasteiger partial charge < -0.3 is 32.5 Å². The molecular weight excluding hydrogens is 1060 g/mol. The Morgan fingerprint density at radius 2 is 0.494 bits per heavy atom. The zero-order chi connectivity index (χ0) is 56.6. The third-order valence-corrected chi connectivity index (χ3v) is 19.0. The molecule has 0 saturated carbocycles. The fourth-order valence-electron chi connectivity index (χ4n) is 15.5. The third-order valence-electron chi connectivity index (χ3n) is 19.0. The van der Waals surface area contributed by atoms with E-state index in [-0.39, 0.29) is 13.4 Å². The first-order chi connectivity index (χ1) is 43.2. The van der Waals surface area contributed by atoms with E-state index in [0.717, 1.165) is 134 Å². The van der Waals surface area contributed by atoms with E-state index in [1.165, 1.54) is 43.1 Å². The molecule has 7 heterocycles. The van der Waals surface area contributed by atoms with Gasteiger partial charge in [0.2, 0.25) is 0 Å². The highest BCUT2D eigenvalue weighted by molar-refractivity contribution is 7.01. The van der Waals surface area contributed by atoms with Gasteiger partial charge in [0.15, 0.2) is 11.5 Å². The summed E-state index contributed by atoms with van der Waals surface area (Å²) in [7, 11) is 0. The van der Waals surface area contributed by atoms with Crippen LogP contribution in [-0.2, 0) is 0 Å². The molecule has 402 valence electrons. The minimum atomic E-state index is -0.352. The van der Waals surface area contributed by atoms with Crippen LogP contribution in [0.2, 0.25) is 0 Å². The summed E-state index contributed by atoms with van der Waals surface area (Å²) in [6, 6.07) is 101. The molecular formula is C78H46B2N4O3. The highest BCUT2D eigenvalue weighted by Gasteiger charge is 2.46. The molecule has 17 aromatic rings. The minimum absolute atomic E-state index is 0.337. The van der Waals surface area contributed by atoms with Gasteiger partial charge in [-0.1, -0.05) is 194 Å². The van der Waals surface area contributed by atoms with Crippen LogP contribution in [0, 0.1) is 0 Å². The van der Waals surface area contributed by atoms with Crippen molar-refractivity contribution in [2.24, 2.45) is 0 Å². The van der Waals surface area contributed by atoms with Gasteiger partial charge in [-0.25, -0.2) is 0 Å². The fourth-order valence-corrected chi connectivity index (χ4v) is 15.5. The van der Waals surface area contributed by atoms with E-state index in [9.17, 15) is 0 Å². The fraction of sp³-hybridized carbons (Fsp3) is 0. The van der Waals surface area contributed by atoms with Crippen molar-refractivity contribution in [1.29, 1.82) is 0 Å². The first kappa shape index (κ1) is 47.0. The molecule has 0 unspecified atom stereocenters. The second kappa shape index (κ2) is 17.6. The number of rotatable bonds is 5. The molecule has 0 spiro atoms. The van der Waals surface area contributed by atoms with Gasteiger partial charge >= 0.3 is 0 Å². The van der Waals surface area contributed by atoms with Crippen molar-refractivity contribution in [1.82, 2.24) is 18.3 Å². The number of ether oxygens (including phenoxy) is 3. The predicted octanol–water partition coefficient (Wildman–Crippen LogP) is 15.4. The molecule has 4 aromatic heterocycles. The molecule has 0 fully saturated rings. The Labute approximate surface area is 499 Å². The summed E-state index contributed by atoms with van der Waals surface area (Å²) in [6.07, 6.45) is 0. The van der Waals surface area contributed by atoms with Crippen LogP contribution in [0.25, 0.3) is 110 Å². The number of hydrogen-bond acceptors (Lipinski definition) is 3. The number of hydrogen-bond donors (Lipinski definition) is 0. The Morgan fingerprint density at radius 3 is 0.874 bits per heavy atom. The van der Waals surface area contributed by atoms with Crippen LogP contribution >= 0.6 is 0 Å². The Bertz CT molecular complexity index is 5520. The zero-order valence-electron chi connectivity index (χ0n) is 46.7. The molecule has 9 heteroatoms. The van der Waals surface area contributed by atoms with Gasteiger partial charge in [0.25, 0.3) is 13.4 Å². The average molecular weight is 1110 g/mol. The second-order valence-electron chi connectivity index (χ2n) is 23.4. The van der Waals surface area contributed by atoms with Crippen LogP contribution in [0.5, 0.6) is 34.5 Å². The Kier molecular flexibility index (Phi) is 9.50. The summed E-state index contributed by atoms with van der Waals surface area (Å²) in [5.41, 5.74) is 19.3. The van der Waals surface area contributed by atoms with Crippen molar-refractivity contribution in [2.75, 3.05) is 0 Å². The van der Waals surface area contributed by atoms with Crippen LogP contribution in [0.4, 0.5) is 0 Å². The number of aromatic nitrogens is 4. The van der Waals surface area contributed by atoms with E-state index in [2.05, 4.69) is 297 Å². The standard InChI is InChI=1S/C78H46B2N4O3/c1-11-32-59-47(22-1)48-23-2-12-33-60(48)81(59)67-40-21-41-68(82-61-34-13-3-24-49(61)50-25-4-14-35-62(50)82)75(67)79-55-30-9-19-42-71(55)85-73-46-74-58(44-57(73)79)80-56-31-10-20-43-72(56)86-77-69(83-63-36-15-5-26-51(63)52-27-6-16-37-64(52)83)45-70(78(87-74)76(77)80)84-65-38-17-7-28-53(65)54-29-8-18-39-66(54)84/h1-46H. The maximum atomic E-state index is 7.79. The molecule has 0 saturated heterocycles. The molecule has 20 rings (SSSR count). The van der Waals surface area contributed by atoms with Crippen molar-refractivity contribution in [3.05, 3.63) is 279 Å². The van der Waals surface area contributed by atoms with Crippen molar-refractivity contribution in [3.63, 3.8) is 0 Å². The van der Waals surface area contributed by atoms with Crippen molar-refractivity contribution in [2.45, 2.75) is 0 Å². The molecule has 13 aromatic carbocycles. The highest BCUT2D eigenvalue weighted by Crippen LogP contribution is 2.48. The number of para-hydroxylation sites is 10. The van der Waals surface area contributed by atoms with E-state index in [4.69, 9.17) is 14.2 Å². The monoisotopic (exact) mass is 1110 g/mol. The Hall–Kier alpha value is -11.4. The molecule has 87 heavy (non-hydrogen) atoms. The summed E-state index contributed by atoms with van der Waals surface area (Å²) in [5.74, 6) is 4.59. The first-order valence-corrected chi connectivity index (χ1v) is 29.9. The minimum Gasteiger partial charge on any atom is -0.458 e. The lowest BCUT2D eigenvalue weighted by atomic mass is 9.31. The predicted molar refractivity (Wildman–Crippen MR) is 359 cm³/mol. The van der Waals surface area contributed by atoms with Gasteiger partial charge in [-0.05, 0) is 106 Å². The lowest BCUT2D eigenvalue weighted by Gasteiger charge is -2.37. The topological polar surface area (TPSA) is 47.4 Å². The Morgan fingerprint density at radius 1 is 0.207 bits per heavy atom. The van der Waals surface area contributed by atoms with Crippen LogP contribution in [0.1, 0.15) is 0 Å². The van der Waals surface area contributed by atoms with Gasteiger partial charge in [-0.15, -0.1) is 0 Å². The van der Waals surface area contributed by atoms with E-state index < -0.39 is 0 Å². The number of fused-ring (bicyclic) bond motifs is 18. The largest absolute Gasteiger partial charge is 0.458 e.